The Balaban J connectivity index is 0.00000261. The summed E-state index contributed by atoms with van der Waals surface area (Å²) in [5, 5.41) is 13.9. The number of ether oxygens (including phenoxy) is 2. The van der Waals surface area contributed by atoms with E-state index in [0.717, 1.165) is 24.6 Å². The number of para-hydroxylation sites is 1. The summed E-state index contributed by atoms with van der Waals surface area (Å²) in [6.45, 7) is 1.19. The predicted molar refractivity (Wildman–Crippen MR) is 119 cm³/mol. The van der Waals surface area contributed by atoms with Crippen molar-refractivity contribution >= 4 is 35.6 Å². The van der Waals surface area contributed by atoms with Gasteiger partial charge in [0.05, 0.1) is 20.3 Å². The number of anilines is 1. The van der Waals surface area contributed by atoms with E-state index in [1.54, 1.807) is 33.4 Å². The van der Waals surface area contributed by atoms with E-state index in [4.69, 9.17) is 9.47 Å². The van der Waals surface area contributed by atoms with Gasteiger partial charge in [0.15, 0.2) is 5.96 Å². The van der Waals surface area contributed by atoms with Crippen LogP contribution in [0.25, 0.3) is 0 Å². The minimum Gasteiger partial charge on any atom is -0.497 e. The number of aliphatic hydroxyl groups excluding tert-OH is 1. The third-order valence-electron chi connectivity index (χ3n) is 4.60. The van der Waals surface area contributed by atoms with E-state index in [2.05, 4.69) is 33.4 Å². The maximum absolute atomic E-state index is 10.7. The molecule has 146 valence electrons. The van der Waals surface area contributed by atoms with E-state index in [0.29, 0.717) is 23.6 Å². The summed E-state index contributed by atoms with van der Waals surface area (Å²) in [4.78, 5) is 6.52. The zero-order valence-electron chi connectivity index (χ0n) is 15.8. The number of methoxy groups -OCH3 is 2. The lowest BCUT2D eigenvalue weighted by molar-refractivity contribution is 0.176. The topological polar surface area (TPSA) is 66.3 Å². The molecule has 2 N–H and O–H groups in total. The van der Waals surface area contributed by atoms with Crippen LogP contribution in [0.1, 0.15) is 17.2 Å². The van der Waals surface area contributed by atoms with Crippen molar-refractivity contribution in [3.05, 3.63) is 53.6 Å². The standard InChI is InChI=1S/C20H25N3O3.HI/c1-21-20(23-11-10-14-6-4-5-7-17(14)23)22-13-18(24)16-12-15(25-2)8-9-19(16)26-3;/h4-9,12,18,24H,10-11,13H2,1-3H3,(H,21,22);1H. The summed E-state index contributed by atoms with van der Waals surface area (Å²) >= 11 is 0. The van der Waals surface area contributed by atoms with Crippen LogP contribution in [-0.4, -0.2) is 45.4 Å². The van der Waals surface area contributed by atoms with Crippen LogP contribution in [0.3, 0.4) is 0 Å². The monoisotopic (exact) mass is 483 g/mol. The van der Waals surface area contributed by atoms with Crippen molar-refractivity contribution in [1.82, 2.24) is 5.32 Å². The molecule has 0 aromatic heterocycles. The summed E-state index contributed by atoms with van der Waals surface area (Å²) in [6, 6.07) is 13.7. The third-order valence-corrected chi connectivity index (χ3v) is 4.60. The lowest BCUT2D eigenvalue weighted by Crippen LogP contribution is -2.42. The Morgan fingerprint density at radius 2 is 2.00 bits per heavy atom. The second-order valence-corrected chi connectivity index (χ2v) is 6.08. The molecule has 1 atom stereocenters. The lowest BCUT2D eigenvalue weighted by atomic mass is 10.1. The number of aliphatic imine (C=N–C) groups is 1. The van der Waals surface area contributed by atoms with Gasteiger partial charge in [0.1, 0.15) is 11.5 Å². The molecule has 0 bridgehead atoms. The molecular formula is C20H26IN3O3. The van der Waals surface area contributed by atoms with Gasteiger partial charge in [0.25, 0.3) is 0 Å². The van der Waals surface area contributed by atoms with Crippen LogP contribution in [0.2, 0.25) is 0 Å². The Hall–Kier alpha value is -2.00. The summed E-state index contributed by atoms with van der Waals surface area (Å²) in [7, 11) is 4.94. The smallest absolute Gasteiger partial charge is 0.198 e. The fraction of sp³-hybridized carbons (Fsp3) is 0.350. The normalized spacial score (nSPS) is 14.2. The quantitative estimate of drug-likeness (QED) is 0.389. The highest BCUT2D eigenvalue weighted by Crippen LogP contribution is 2.30. The van der Waals surface area contributed by atoms with Gasteiger partial charge in [-0.15, -0.1) is 24.0 Å². The van der Waals surface area contributed by atoms with Gasteiger partial charge in [0.2, 0.25) is 0 Å². The Labute approximate surface area is 177 Å². The van der Waals surface area contributed by atoms with Crippen molar-refractivity contribution in [2.24, 2.45) is 4.99 Å². The molecule has 0 fully saturated rings. The van der Waals surface area contributed by atoms with Gasteiger partial charge in [-0.2, -0.15) is 0 Å². The molecule has 3 rings (SSSR count). The molecule has 1 aliphatic rings. The van der Waals surface area contributed by atoms with Crippen molar-refractivity contribution in [3.63, 3.8) is 0 Å². The van der Waals surface area contributed by atoms with Crippen LogP contribution < -0.4 is 19.7 Å². The van der Waals surface area contributed by atoms with E-state index in [9.17, 15) is 5.11 Å². The molecule has 0 radical (unpaired) electrons. The number of hydrogen-bond acceptors (Lipinski definition) is 4. The molecule has 6 nitrogen and oxygen atoms in total. The number of benzene rings is 2. The highest BCUT2D eigenvalue weighted by atomic mass is 127. The number of rotatable bonds is 5. The lowest BCUT2D eigenvalue weighted by Gasteiger charge is -2.24. The molecule has 0 saturated heterocycles. The second kappa shape index (κ2) is 9.80. The minimum atomic E-state index is -0.755. The highest BCUT2D eigenvalue weighted by molar-refractivity contribution is 14.0. The third kappa shape index (κ3) is 4.65. The van der Waals surface area contributed by atoms with Gasteiger partial charge in [-0.25, -0.2) is 0 Å². The summed E-state index contributed by atoms with van der Waals surface area (Å²) in [5.41, 5.74) is 3.15. The Bertz CT molecular complexity index is 798. The first-order valence-corrected chi connectivity index (χ1v) is 8.64. The molecule has 1 unspecified atom stereocenters. The summed E-state index contributed by atoms with van der Waals surface area (Å²) in [6.07, 6.45) is 0.234. The maximum atomic E-state index is 10.7. The number of guanidine groups is 1. The first-order valence-electron chi connectivity index (χ1n) is 8.64. The number of hydrogen-bond donors (Lipinski definition) is 2. The van der Waals surface area contributed by atoms with E-state index < -0.39 is 6.10 Å². The van der Waals surface area contributed by atoms with E-state index in [1.165, 1.54) is 5.56 Å². The molecule has 1 heterocycles. The fourth-order valence-corrected chi connectivity index (χ4v) is 3.25. The molecule has 0 amide bonds. The number of aliphatic hydroxyl groups is 1. The van der Waals surface area contributed by atoms with Gasteiger partial charge < -0.3 is 24.8 Å². The molecule has 2 aromatic rings. The molecule has 2 aromatic carbocycles. The number of fused-ring (bicyclic) bond motifs is 1. The zero-order chi connectivity index (χ0) is 18.5. The van der Waals surface area contributed by atoms with Crippen LogP contribution in [0.4, 0.5) is 5.69 Å². The highest BCUT2D eigenvalue weighted by Gasteiger charge is 2.23. The van der Waals surface area contributed by atoms with Crippen LogP contribution in [-0.2, 0) is 6.42 Å². The number of nitrogens with one attached hydrogen (secondary N) is 1. The van der Waals surface area contributed by atoms with Gasteiger partial charge in [-0.05, 0) is 36.2 Å². The van der Waals surface area contributed by atoms with Gasteiger partial charge in [0, 0.05) is 31.4 Å². The van der Waals surface area contributed by atoms with Crippen molar-refractivity contribution in [3.8, 4) is 11.5 Å². The maximum Gasteiger partial charge on any atom is 0.198 e. The van der Waals surface area contributed by atoms with Gasteiger partial charge in [-0.1, -0.05) is 18.2 Å². The average molecular weight is 483 g/mol. The fourth-order valence-electron chi connectivity index (χ4n) is 3.25. The molecule has 7 heteroatoms. The summed E-state index contributed by atoms with van der Waals surface area (Å²) < 4.78 is 10.6. The van der Waals surface area contributed by atoms with Crippen LogP contribution in [0.5, 0.6) is 11.5 Å². The van der Waals surface area contributed by atoms with E-state index in [1.807, 2.05) is 12.1 Å². The number of halogens is 1. The van der Waals surface area contributed by atoms with Crippen molar-refractivity contribution in [1.29, 1.82) is 0 Å². The average Bonchev–Trinajstić information content (AvgIpc) is 3.12. The Morgan fingerprint density at radius 1 is 1.22 bits per heavy atom. The number of nitrogens with zero attached hydrogens (tertiary/aromatic N) is 2. The molecular weight excluding hydrogens is 457 g/mol. The molecule has 0 aliphatic carbocycles. The van der Waals surface area contributed by atoms with Crippen LogP contribution >= 0.6 is 24.0 Å². The van der Waals surface area contributed by atoms with Crippen molar-refractivity contribution in [2.75, 3.05) is 39.3 Å². The van der Waals surface area contributed by atoms with Crippen molar-refractivity contribution in [2.45, 2.75) is 12.5 Å². The van der Waals surface area contributed by atoms with Crippen LogP contribution in [0.15, 0.2) is 47.5 Å². The van der Waals surface area contributed by atoms with Gasteiger partial charge in [-0.3, -0.25) is 4.99 Å². The first-order chi connectivity index (χ1) is 12.7. The predicted octanol–water partition coefficient (Wildman–Crippen LogP) is 2.99. The molecule has 27 heavy (non-hydrogen) atoms. The molecule has 0 saturated carbocycles. The van der Waals surface area contributed by atoms with Gasteiger partial charge >= 0.3 is 0 Å². The minimum absolute atomic E-state index is 0. The van der Waals surface area contributed by atoms with Crippen molar-refractivity contribution < 1.29 is 14.6 Å². The summed E-state index contributed by atoms with van der Waals surface area (Å²) in [5.74, 6) is 2.05. The van der Waals surface area contributed by atoms with Crippen LogP contribution in [0, 0.1) is 0 Å². The molecule has 1 aliphatic heterocycles. The zero-order valence-corrected chi connectivity index (χ0v) is 18.1. The Morgan fingerprint density at radius 3 is 2.70 bits per heavy atom. The second-order valence-electron chi connectivity index (χ2n) is 6.08. The van der Waals surface area contributed by atoms with E-state index in [-0.39, 0.29) is 24.0 Å². The Kier molecular flexibility index (Phi) is 7.73. The molecule has 0 spiro atoms. The first kappa shape index (κ1) is 21.3. The van der Waals surface area contributed by atoms with E-state index >= 15 is 0 Å². The SMILES string of the molecule is CN=C(NCC(O)c1cc(OC)ccc1OC)N1CCc2ccccc21.I. The largest absolute Gasteiger partial charge is 0.497 e.